The van der Waals surface area contributed by atoms with Gasteiger partial charge in [0.05, 0.1) is 12.6 Å². The third-order valence-corrected chi connectivity index (χ3v) is 4.35. The van der Waals surface area contributed by atoms with Crippen LogP contribution in [0.4, 0.5) is 0 Å². The molecule has 0 aliphatic carbocycles. The van der Waals surface area contributed by atoms with Crippen LogP contribution >= 0.6 is 0 Å². The van der Waals surface area contributed by atoms with Crippen LogP contribution in [0.15, 0.2) is 35.0 Å². The van der Waals surface area contributed by atoms with Crippen molar-refractivity contribution >= 4 is 5.91 Å². The molecule has 6 heteroatoms. The van der Waals surface area contributed by atoms with Crippen LogP contribution in [0.25, 0.3) is 0 Å². The van der Waals surface area contributed by atoms with Crippen molar-refractivity contribution in [1.82, 2.24) is 15.1 Å². The normalized spacial score (nSPS) is 12.5. The molecule has 1 N–H and O–H groups in total. The molecule has 24 heavy (non-hydrogen) atoms. The van der Waals surface area contributed by atoms with Gasteiger partial charge in [-0.1, -0.05) is 26.7 Å². The van der Waals surface area contributed by atoms with E-state index in [2.05, 4.69) is 24.3 Å². The number of rotatable bonds is 10. The average Bonchev–Trinajstić information content (AvgIpc) is 3.26. The summed E-state index contributed by atoms with van der Waals surface area (Å²) < 4.78 is 12.9. The number of amides is 1. The van der Waals surface area contributed by atoms with Crippen molar-refractivity contribution in [2.24, 2.45) is 5.92 Å². The fourth-order valence-electron chi connectivity index (χ4n) is 2.91. The van der Waals surface area contributed by atoms with Gasteiger partial charge in [0.1, 0.15) is 5.76 Å². The Morgan fingerprint density at radius 3 is 2.79 bits per heavy atom. The SMILES string of the molecule is CCC(CC)[C@H](CCNC(=O)c1ccc(Cn2cccn2)o1)OC. The second kappa shape index (κ2) is 9.27. The van der Waals surface area contributed by atoms with Gasteiger partial charge in [0.25, 0.3) is 5.91 Å². The van der Waals surface area contributed by atoms with Crippen molar-refractivity contribution in [2.75, 3.05) is 13.7 Å². The molecule has 0 saturated carbocycles. The Kier molecular flexibility index (Phi) is 7.06. The summed E-state index contributed by atoms with van der Waals surface area (Å²) >= 11 is 0. The largest absolute Gasteiger partial charge is 0.454 e. The molecular weight excluding hydrogens is 306 g/mol. The van der Waals surface area contributed by atoms with Gasteiger partial charge in [0, 0.05) is 26.0 Å². The Morgan fingerprint density at radius 2 is 2.17 bits per heavy atom. The van der Waals surface area contributed by atoms with E-state index in [1.54, 1.807) is 30.1 Å². The van der Waals surface area contributed by atoms with Crippen molar-refractivity contribution in [3.63, 3.8) is 0 Å². The summed E-state index contributed by atoms with van der Waals surface area (Å²) in [6.45, 7) is 5.43. The predicted molar refractivity (Wildman–Crippen MR) is 91.9 cm³/mol. The lowest BCUT2D eigenvalue weighted by atomic mass is 9.94. The van der Waals surface area contributed by atoms with E-state index in [0.29, 0.717) is 30.5 Å². The molecule has 0 unspecified atom stereocenters. The molecule has 0 spiro atoms. The van der Waals surface area contributed by atoms with Crippen molar-refractivity contribution in [3.05, 3.63) is 42.1 Å². The van der Waals surface area contributed by atoms with E-state index in [1.807, 2.05) is 12.3 Å². The van der Waals surface area contributed by atoms with E-state index >= 15 is 0 Å². The summed E-state index contributed by atoms with van der Waals surface area (Å²) in [6.07, 6.45) is 6.70. The maximum absolute atomic E-state index is 12.2. The number of carbonyl (C=O) groups excluding carboxylic acids is 1. The number of carbonyl (C=O) groups is 1. The number of methoxy groups -OCH3 is 1. The van der Waals surface area contributed by atoms with Crippen molar-refractivity contribution < 1.29 is 13.9 Å². The lowest BCUT2D eigenvalue weighted by Crippen LogP contribution is -2.30. The third kappa shape index (κ3) is 4.96. The van der Waals surface area contributed by atoms with Crippen LogP contribution in [0.3, 0.4) is 0 Å². The Hall–Kier alpha value is -2.08. The zero-order chi connectivity index (χ0) is 17.4. The molecule has 6 nitrogen and oxygen atoms in total. The summed E-state index contributed by atoms with van der Waals surface area (Å²) in [5.41, 5.74) is 0. The monoisotopic (exact) mass is 333 g/mol. The molecule has 2 rings (SSSR count). The summed E-state index contributed by atoms with van der Waals surface area (Å²) in [4.78, 5) is 12.2. The lowest BCUT2D eigenvalue weighted by Gasteiger charge is -2.23. The van der Waals surface area contributed by atoms with Crippen molar-refractivity contribution in [2.45, 2.75) is 45.8 Å². The van der Waals surface area contributed by atoms with Crippen molar-refractivity contribution in [1.29, 1.82) is 0 Å². The maximum atomic E-state index is 12.2. The zero-order valence-electron chi connectivity index (χ0n) is 14.7. The van der Waals surface area contributed by atoms with Gasteiger partial charge in [-0.3, -0.25) is 9.48 Å². The van der Waals surface area contributed by atoms with Gasteiger partial charge in [-0.15, -0.1) is 0 Å². The van der Waals surface area contributed by atoms with Gasteiger partial charge in [-0.25, -0.2) is 0 Å². The molecule has 1 amide bonds. The van der Waals surface area contributed by atoms with Gasteiger partial charge in [0.15, 0.2) is 5.76 Å². The van der Waals surface area contributed by atoms with Gasteiger partial charge in [0.2, 0.25) is 0 Å². The van der Waals surface area contributed by atoms with Crippen LogP contribution in [-0.4, -0.2) is 35.4 Å². The quantitative estimate of drug-likeness (QED) is 0.725. The molecule has 0 saturated heterocycles. The van der Waals surface area contributed by atoms with Crippen molar-refractivity contribution in [3.8, 4) is 0 Å². The van der Waals surface area contributed by atoms with Crippen LogP contribution in [0, 0.1) is 5.92 Å². The van der Waals surface area contributed by atoms with Crippen LogP contribution in [0.1, 0.15) is 49.4 Å². The minimum absolute atomic E-state index is 0.173. The van der Waals surface area contributed by atoms with Gasteiger partial charge in [-0.05, 0) is 30.5 Å². The second-order valence-corrected chi connectivity index (χ2v) is 5.86. The maximum Gasteiger partial charge on any atom is 0.286 e. The molecule has 0 fully saturated rings. The van der Waals surface area contributed by atoms with E-state index in [9.17, 15) is 4.79 Å². The molecule has 0 aliphatic rings. The summed E-state index contributed by atoms with van der Waals surface area (Å²) in [6, 6.07) is 5.35. The smallest absolute Gasteiger partial charge is 0.286 e. The average molecular weight is 333 g/mol. The molecule has 0 aliphatic heterocycles. The Balaban J connectivity index is 1.81. The first-order chi connectivity index (χ1) is 11.7. The molecule has 2 aromatic rings. The molecule has 2 heterocycles. The first kappa shape index (κ1) is 18.3. The molecular formula is C18H27N3O3. The molecule has 0 radical (unpaired) electrons. The standard InChI is InChI=1S/C18H27N3O3/c1-4-14(5-2)16(23-3)9-11-19-18(22)17-8-7-15(24-17)13-21-12-6-10-20-21/h6-8,10,12,14,16H,4-5,9,11,13H2,1-3H3,(H,19,22)/t16-/m0/s1. The zero-order valence-corrected chi connectivity index (χ0v) is 14.7. The minimum atomic E-state index is -0.193. The Morgan fingerprint density at radius 1 is 1.38 bits per heavy atom. The van der Waals surface area contributed by atoms with E-state index in [-0.39, 0.29) is 12.0 Å². The Labute approximate surface area is 143 Å². The molecule has 132 valence electrons. The van der Waals surface area contributed by atoms with Crippen LogP contribution in [-0.2, 0) is 11.3 Å². The van der Waals surface area contributed by atoms with Gasteiger partial charge < -0.3 is 14.5 Å². The number of nitrogens with one attached hydrogen (secondary N) is 1. The summed E-state index contributed by atoms with van der Waals surface area (Å²) in [5, 5.41) is 7.02. The summed E-state index contributed by atoms with van der Waals surface area (Å²) in [5.74, 6) is 1.36. The Bertz CT molecular complexity index is 603. The number of ether oxygens (including phenoxy) is 1. The molecule has 2 aromatic heterocycles. The lowest BCUT2D eigenvalue weighted by molar-refractivity contribution is 0.0419. The molecule has 0 aromatic carbocycles. The van der Waals surface area contributed by atoms with Gasteiger partial charge >= 0.3 is 0 Å². The van der Waals surface area contributed by atoms with Crippen LogP contribution < -0.4 is 5.32 Å². The van der Waals surface area contributed by atoms with Gasteiger partial charge in [-0.2, -0.15) is 5.10 Å². The topological polar surface area (TPSA) is 69.3 Å². The number of hydrogen-bond acceptors (Lipinski definition) is 4. The van der Waals surface area contributed by atoms with E-state index in [1.165, 1.54) is 0 Å². The highest BCUT2D eigenvalue weighted by molar-refractivity contribution is 5.91. The first-order valence-corrected chi connectivity index (χ1v) is 8.55. The number of furan rings is 1. The molecule has 1 atom stereocenters. The van der Waals surface area contributed by atoms with E-state index < -0.39 is 0 Å². The van der Waals surface area contributed by atoms with E-state index in [4.69, 9.17) is 9.15 Å². The fraction of sp³-hybridized carbons (Fsp3) is 0.556. The highest BCUT2D eigenvalue weighted by Gasteiger charge is 2.18. The minimum Gasteiger partial charge on any atom is -0.454 e. The number of nitrogens with zero attached hydrogens (tertiary/aromatic N) is 2. The number of hydrogen-bond donors (Lipinski definition) is 1. The fourth-order valence-corrected chi connectivity index (χ4v) is 2.91. The molecule has 0 bridgehead atoms. The first-order valence-electron chi connectivity index (χ1n) is 8.55. The number of aromatic nitrogens is 2. The third-order valence-electron chi connectivity index (χ3n) is 4.35. The highest BCUT2D eigenvalue weighted by atomic mass is 16.5. The summed E-state index contributed by atoms with van der Waals surface area (Å²) in [7, 11) is 1.74. The van der Waals surface area contributed by atoms with Crippen LogP contribution in [0.2, 0.25) is 0 Å². The second-order valence-electron chi connectivity index (χ2n) is 5.86. The highest BCUT2D eigenvalue weighted by Crippen LogP contribution is 2.18. The van der Waals surface area contributed by atoms with E-state index in [0.717, 1.165) is 19.3 Å². The van der Waals surface area contributed by atoms with Crippen LogP contribution in [0.5, 0.6) is 0 Å². The predicted octanol–water partition coefficient (Wildman–Crippen LogP) is 3.10.